The molecule has 0 saturated carbocycles. The van der Waals surface area contributed by atoms with E-state index in [1.54, 1.807) is 21.0 Å². The highest BCUT2D eigenvalue weighted by Gasteiger charge is 2.26. The Morgan fingerprint density at radius 2 is 2.06 bits per heavy atom. The minimum absolute atomic E-state index is 0.395. The van der Waals surface area contributed by atoms with E-state index in [0.717, 1.165) is 17.7 Å². The van der Waals surface area contributed by atoms with Crippen LogP contribution in [-0.4, -0.2) is 31.3 Å². The molecule has 18 heavy (non-hydrogen) atoms. The molecule has 0 heterocycles. The molecule has 0 aliphatic carbocycles. The number of benzene rings is 1. The lowest BCUT2D eigenvalue weighted by molar-refractivity contribution is -0.146. The maximum Gasteiger partial charge on any atom is 0.310 e. The third-order valence-corrected chi connectivity index (χ3v) is 2.89. The SMILES string of the molecule is COCCc1ccccc1NCC(C)(C)C(=O)O. The monoisotopic (exact) mass is 251 g/mol. The first-order chi connectivity index (χ1) is 8.47. The Balaban J connectivity index is 2.69. The molecule has 0 unspecified atom stereocenters. The van der Waals surface area contributed by atoms with Crippen molar-refractivity contribution in [2.45, 2.75) is 20.3 Å². The Morgan fingerprint density at radius 1 is 1.39 bits per heavy atom. The number of methoxy groups -OCH3 is 1. The molecule has 1 rings (SSSR count). The first-order valence-corrected chi connectivity index (χ1v) is 6.01. The lowest BCUT2D eigenvalue weighted by Gasteiger charge is -2.21. The Bertz CT molecular complexity index is 402. The van der Waals surface area contributed by atoms with Gasteiger partial charge in [-0.05, 0) is 31.9 Å². The van der Waals surface area contributed by atoms with Crippen molar-refractivity contribution in [2.75, 3.05) is 25.6 Å². The van der Waals surface area contributed by atoms with E-state index in [0.29, 0.717) is 13.2 Å². The van der Waals surface area contributed by atoms with Crippen molar-refractivity contribution in [3.8, 4) is 0 Å². The van der Waals surface area contributed by atoms with E-state index in [1.165, 1.54) is 0 Å². The minimum Gasteiger partial charge on any atom is -0.481 e. The normalized spacial score (nSPS) is 11.3. The highest BCUT2D eigenvalue weighted by atomic mass is 16.5. The van der Waals surface area contributed by atoms with Crippen LogP contribution in [0.25, 0.3) is 0 Å². The Kier molecular flexibility index (Phi) is 5.16. The van der Waals surface area contributed by atoms with E-state index >= 15 is 0 Å². The summed E-state index contributed by atoms with van der Waals surface area (Å²) in [5, 5.41) is 12.3. The van der Waals surface area contributed by atoms with E-state index in [-0.39, 0.29) is 0 Å². The molecule has 0 saturated heterocycles. The second-order valence-corrected chi connectivity index (χ2v) is 4.94. The zero-order chi connectivity index (χ0) is 13.6. The second kappa shape index (κ2) is 6.40. The van der Waals surface area contributed by atoms with Crippen molar-refractivity contribution in [3.05, 3.63) is 29.8 Å². The van der Waals surface area contributed by atoms with Gasteiger partial charge in [-0.15, -0.1) is 0 Å². The zero-order valence-corrected chi connectivity index (χ0v) is 11.2. The molecule has 2 N–H and O–H groups in total. The van der Waals surface area contributed by atoms with Gasteiger partial charge in [-0.2, -0.15) is 0 Å². The maximum atomic E-state index is 11.0. The van der Waals surface area contributed by atoms with Crippen LogP contribution in [0.15, 0.2) is 24.3 Å². The Hall–Kier alpha value is -1.55. The number of carbonyl (C=O) groups is 1. The molecule has 0 amide bonds. The van der Waals surface area contributed by atoms with E-state index in [9.17, 15) is 4.79 Å². The third-order valence-electron chi connectivity index (χ3n) is 2.89. The molecule has 4 nitrogen and oxygen atoms in total. The van der Waals surface area contributed by atoms with Crippen molar-refractivity contribution < 1.29 is 14.6 Å². The number of ether oxygens (including phenoxy) is 1. The first kappa shape index (κ1) is 14.5. The van der Waals surface area contributed by atoms with Gasteiger partial charge in [0.05, 0.1) is 12.0 Å². The molecule has 4 heteroatoms. The Labute approximate surface area is 108 Å². The van der Waals surface area contributed by atoms with Crippen molar-refractivity contribution in [1.29, 1.82) is 0 Å². The number of para-hydroxylation sites is 1. The van der Waals surface area contributed by atoms with Crippen LogP contribution in [0.1, 0.15) is 19.4 Å². The molecule has 0 aliphatic rings. The van der Waals surface area contributed by atoms with Crippen LogP contribution in [0.4, 0.5) is 5.69 Å². The number of anilines is 1. The van der Waals surface area contributed by atoms with Crippen LogP contribution in [0.2, 0.25) is 0 Å². The summed E-state index contributed by atoms with van der Waals surface area (Å²) in [7, 11) is 1.67. The average molecular weight is 251 g/mol. The number of aliphatic carboxylic acids is 1. The fourth-order valence-corrected chi connectivity index (χ4v) is 1.51. The van der Waals surface area contributed by atoms with Gasteiger partial charge >= 0.3 is 5.97 Å². The van der Waals surface area contributed by atoms with Crippen LogP contribution in [0.5, 0.6) is 0 Å². The summed E-state index contributed by atoms with van der Waals surface area (Å²) in [6, 6.07) is 7.89. The van der Waals surface area contributed by atoms with E-state index in [1.807, 2.05) is 24.3 Å². The van der Waals surface area contributed by atoms with Gasteiger partial charge < -0.3 is 15.2 Å². The fourth-order valence-electron chi connectivity index (χ4n) is 1.51. The standard InChI is InChI=1S/C14H21NO3/c1-14(2,13(16)17)10-15-12-7-5-4-6-11(12)8-9-18-3/h4-7,15H,8-10H2,1-3H3,(H,16,17). The van der Waals surface area contributed by atoms with Crippen LogP contribution >= 0.6 is 0 Å². The molecule has 1 aromatic carbocycles. The van der Waals surface area contributed by atoms with Crippen molar-refractivity contribution in [3.63, 3.8) is 0 Å². The molecular formula is C14H21NO3. The van der Waals surface area contributed by atoms with E-state index in [4.69, 9.17) is 9.84 Å². The fraction of sp³-hybridized carbons (Fsp3) is 0.500. The maximum absolute atomic E-state index is 11.0. The molecule has 0 radical (unpaired) electrons. The summed E-state index contributed by atoms with van der Waals surface area (Å²) in [4.78, 5) is 11.0. The number of rotatable bonds is 7. The first-order valence-electron chi connectivity index (χ1n) is 6.01. The molecule has 0 spiro atoms. The number of carboxylic acids is 1. The third kappa shape index (κ3) is 4.04. The quantitative estimate of drug-likeness (QED) is 0.781. The minimum atomic E-state index is -0.802. The number of hydrogen-bond acceptors (Lipinski definition) is 3. The smallest absolute Gasteiger partial charge is 0.310 e. The topological polar surface area (TPSA) is 58.6 Å². The molecule has 0 aliphatic heterocycles. The number of carboxylic acid groups (broad SMARTS) is 1. The lowest BCUT2D eigenvalue weighted by atomic mass is 9.93. The van der Waals surface area contributed by atoms with E-state index < -0.39 is 11.4 Å². The van der Waals surface area contributed by atoms with Gasteiger partial charge in [-0.1, -0.05) is 18.2 Å². The van der Waals surface area contributed by atoms with Gasteiger partial charge in [0, 0.05) is 19.3 Å². The van der Waals surface area contributed by atoms with Crippen molar-refractivity contribution >= 4 is 11.7 Å². The largest absolute Gasteiger partial charge is 0.481 e. The second-order valence-electron chi connectivity index (χ2n) is 4.94. The summed E-state index contributed by atoms with van der Waals surface area (Å²) in [5.41, 5.74) is 1.33. The van der Waals surface area contributed by atoms with Crippen LogP contribution in [0.3, 0.4) is 0 Å². The van der Waals surface area contributed by atoms with Crippen molar-refractivity contribution in [1.82, 2.24) is 0 Å². The van der Waals surface area contributed by atoms with Gasteiger partial charge in [0.1, 0.15) is 0 Å². The predicted octanol–water partition coefficient (Wildman–Crippen LogP) is 2.40. The zero-order valence-electron chi connectivity index (χ0n) is 11.2. The van der Waals surface area contributed by atoms with Crippen LogP contribution in [0, 0.1) is 5.41 Å². The molecular weight excluding hydrogens is 230 g/mol. The summed E-state index contributed by atoms with van der Waals surface area (Å²) < 4.78 is 5.06. The number of hydrogen-bond donors (Lipinski definition) is 2. The van der Waals surface area contributed by atoms with E-state index in [2.05, 4.69) is 5.32 Å². The van der Waals surface area contributed by atoms with Gasteiger partial charge in [0.2, 0.25) is 0 Å². The summed E-state index contributed by atoms with van der Waals surface area (Å²) >= 11 is 0. The van der Waals surface area contributed by atoms with Gasteiger partial charge in [-0.3, -0.25) is 4.79 Å². The molecule has 0 atom stereocenters. The summed E-state index contributed by atoms with van der Waals surface area (Å²) in [5.74, 6) is -0.802. The highest BCUT2D eigenvalue weighted by molar-refractivity contribution is 5.74. The number of nitrogens with one attached hydrogen (secondary N) is 1. The molecule has 1 aromatic rings. The van der Waals surface area contributed by atoms with Gasteiger partial charge in [0.15, 0.2) is 0 Å². The molecule has 0 aromatic heterocycles. The van der Waals surface area contributed by atoms with Gasteiger partial charge in [0.25, 0.3) is 0 Å². The highest BCUT2D eigenvalue weighted by Crippen LogP contribution is 2.20. The predicted molar refractivity (Wildman–Crippen MR) is 71.9 cm³/mol. The lowest BCUT2D eigenvalue weighted by Crippen LogP contribution is -2.32. The molecule has 0 fully saturated rings. The van der Waals surface area contributed by atoms with Gasteiger partial charge in [-0.25, -0.2) is 0 Å². The Morgan fingerprint density at radius 3 is 2.67 bits per heavy atom. The average Bonchev–Trinajstić information content (AvgIpc) is 2.34. The molecule has 0 bridgehead atoms. The van der Waals surface area contributed by atoms with Crippen molar-refractivity contribution in [2.24, 2.45) is 5.41 Å². The van der Waals surface area contributed by atoms with Crippen LogP contribution < -0.4 is 5.32 Å². The summed E-state index contributed by atoms with van der Waals surface area (Å²) in [6.07, 6.45) is 0.813. The van der Waals surface area contributed by atoms with Crippen LogP contribution in [-0.2, 0) is 16.0 Å². The summed E-state index contributed by atoms with van der Waals surface area (Å²) in [6.45, 7) is 4.47. The molecule has 100 valence electrons.